The van der Waals surface area contributed by atoms with Crippen LogP contribution in [0.3, 0.4) is 0 Å². The van der Waals surface area contributed by atoms with E-state index in [0.717, 1.165) is 19.4 Å². The van der Waals surface area contributed by atoms with Crippen molar-refractivity contribution in [1.82, 2.24) is 4.90 Å². The van der Waals surface area contributed by atoms with Gasteiger partial charge in [0.25, 0.3) is 0 Å². The molecule has 116 valence electrons. The van der Waals surface area contributed by atoms with Crippen molar-refractivity contribution in [3.63, 3.8) is 0 Å². The largest absolute Gasteiger partial charge is 0.394 e. The van der Waals surface area contributed by atoms with Gasteiger partial charge in [-0.3, -0.25) is 4.90 Å². The molecule has 0 fully saturated rings. The van der Waals surface area contributed by atoms with E-state index in [4.69, 9.17) is 10.2 Å². The molecule has 0 spiro atoms. The Morgan fingerprint density at radius 1 is 0.789 bits per heavy atom. The summed E-state index contributed by atoms with van der Waals surface area (Å²) in [6.45, 7) is 3.09. The van der Waals surface area contributed by atoms with Crippen LogP contribution >= 0.6 is 0 Å². The average molecular weight is 277 g/mol. The summed E-state index contributed by atoms with van der Waals surface area (Å²) in [6, 6.07) is 0. The highest BCUT2D eigenvalue weighted by molar-refractivity contribution is 4.68. The van der Waals surface area contributed by atoms with Gasteiger partial charge in [-0.25, -0.2) is 0 Å². The molecule has 5 heteroatoms. The summed E-state index contributed by atoms with van der Waals surface area (Å²) in [5.74, 6) is 0. The molecule has 0 aromatic carbocycles. The van der Waals surface area contributed by atoms with Crippen LogP contribution in [0.1, 0.15) is 45.4 Å². The van der Waals surface area contributed by atoms with Gasteiger partial charge >= 0.3 is 0 Å². The highest BCUT2D eigenvalue weighted by atomic mass is 16.3. The van der Waals surface area contributed by atoms with Crippen molar-refractivity contribution >= 4 is 0 Å². The van der Waals surface area contributed by atoms with E-state index in [0.29, 0.717) is 13.1 Å². The van der Waals surface area contributed by atoms with Gasteiger partial charge < -0.3 is 20.4 Å². The minimum Gasteiger partial charge on any atom is -0.394 e. The molecule has 0 bridgehead atoms. The lowest BCUT2D eigenvalue weighted by Gasteiger charge is -2.26. The number of hydrogen-bond acceptors (Lipinski definition) is 5. The van der Waals surface area contributed by atoms with Gasteiger partial charge in [0.15, 0.2) is 0 Å². The Morgan fingerprint density at radius 2 is 1.26 bits per heavy atom. The zero-order chi connectivity index (χ0) is 14.5. The van der Waals surface area contributed by atoms with Gasteiger partial charge in [-0.1, -0.05) is 39.0 Å². The van der Waals surface area contributed by atoms with Crippen molar-refractivity contribution in [2.24, 2.45) is 0 Å². The summed E-state index contributed by atoms with van der Waals surface area (Å²) in [6.07, 6.45) is 5.56. The first-order valence-electron chi connectivity index (χ1n) is 7.44. The highest BCUT2D eigenvalue weighted by Gasteiger charge is 2.14. The second-order valence-corrected chi connectivity index (χ2v) is 5.20. The van der Waals surface area contributed by atoms with Crippen LogP contribution in [0.2, 0.25) is 0 Å². The molecule has 0 aliphatic rings. The lowest BCUT2D eigenvalue weighted by molar-refractivity contribution is 0.0228. The first-order valence-corrected chi connectivity index (χ1v) is 7.44. The normalized spacial score (nSPS) is 14.8. The first kappa shape index (κ1) is 18.8. The average Bonchev–Trinajstić information content (AvgIpc) is 2.41. The minimum absolute atomic E-state index is 0.276. The maximum atomic E-state index is 9.45. The van der Waals surface area contributed by atoms with Crippen LogP contribution in [-0.2, 0) is 0 Å². The Hall–Kier alpha value is -0.200. The Bertz CT molecular complexity index is 180. The topological polar surface area (TPSA) is 84.2 Å². The molecule has 0 aliphatic carbocycles. The predicted octanol–water partition coefficient (Wildman–Crippen LogP) is 0.355. The van der Waals surface area contributed by atoms with Crippen LogP contribution in [0.25, 0.3) is 0 Å². The fraction of sp³-hybridized carbons (Fsp3) is 1.00. The molecular formula is C14H31NO4. The number of rotatable bonds is 13. The van der Waals surface area contributed by atoms with E-state index in [-0.39, 0.29) is 13.2 Å². The predicted molar refractivity (Wildman–Crippen MR) is 76.0 cm³/mol. The van der Waals surface area contributed by atoms with E-state index in [1.807, 2.05) is 4.90 Å². The number of hydrogen-bond donors (Lipinski definition) is 4. The molecule has 0 aliphatic heterocycles. The second-order valence-electron chi connectivity index (χ2n) is 5.20. The maximum Gasteiger partial charge on any atom is 0.0897 e. The Labute approximate surface area is 116 Å². The van der Waals surface area contributed by atoms with Gasteiger partial charge in [0, 0.05) is 13.1 Å². The third kappa shape index (κ3) is 11.3. The number of aliphatic hydroxyl groups excluding tert-OH is 4. The van der Waals surface area contributed by atoms with E-state index < -0.39 is 12.2 Å². The quantitative estimate of drug-likeness (QED) is 0.365. The van der Waals surface area contributed by atoms with Gasteiger partial charge in [-0.05, 0) is 13.0 Å². The van der Waals surface area contributed by atoms with Crippen molar-refractivity contribution in [3.8, 4) is 0 Å². The van der Waals surface area contributed by atoms with Crippen LogP contribution in [0, 0.1) is 0 Å². The van der Waals surface area contributed by atoms with E-state index in [1.54, 1.807) is 0 Å². The molecule has 0 saturated carbocycles. The van der Waals surface area contributed by atoms with Crippen LogP contribution in [-0.4, -0.2) is 70.4 Å². The molecule has 2 atom stereocenters. The number of unbranched alkanes of at least 4 members (excludes halogenated alkanes) is 5. The highest BCUT2D eigenvalue weighted by Crippen LogP contribution is 2.07. The molecule has 0 radical (unpaired) electrons. The lowest BCUT2D eigenvalue weighted by atomic mass is 10.1. The van der Waals surface area contributed by atoms with Crippen LogP contribution in [0.5, 0.6) is 0 Å². The minimum atomic E-state index is -0.786. The van der Waals surface area contributed by atoms with Crippen LogP contribution in [0.15, 0.2) is 0 Å². The van der Waals surface area contributed by atoms with Crippen LogP contribution < -0.4 is 0 Å². The smallest absolute Gasteiger partial charge is 0.0897 e. The Kier molecular flexibility index (Phi) is 12.7. The second kappa shape index (κ2) is 12.8. The molecule has 2 unspecified atom stereocenters. The van der Waals surface area contributed by atoms with E-state index >= 15 is 0 Å². The van der Waals surface area contributed by atoms with Crippen molar-refractivity contribution in [2.75, 3.05) is 32.8 Å². The van der Waals surface area contributed by atoms with Gasteiger partial charge in [0.2, 0.25) is 0 Å². The van der Waals surface area contributed by atoms with Gasteiger partial charge in [-0.15, -0.1) is 0 Å². The zero-order valence-corrected chi connectivity index (χ0v) is 12.2. The molecule has 0 rings (SSSR count). The molecule has 19 heavy (non-hydrogen) atoms. The Balaban J connectivity index is 3.84. The Morgan fingerprint density at radius 3 is 1.74 bits per heavy atom. The molecule has 0 heterocycles. The number of aliphatic hydroxyl groups is 4. The standard InChI is InChI=1S/C14H31NO4/c1-2-3-4-5-6-7-8-15(9-13(18)11-16)10-14(19)12-17/h13-14,16-19H,2-12H2,1H3. The summed E-state index contributed by atoms with van der Waals surface area (Å²) in [7, 11) is 0. The molecular weight excluding hydrogens is 246 g/mol. The molecule has 4 N–H and O–H groups in total. The number of nitrogens with zero attached hydrogens (tertiary/aromatic N) is 1. The van der Waals surface area contributed by atoms with Gasteiger partial charge in [0.05, 0.1) is 25.4 Å². The molecule has 0 aromatic rings. The molecule has 0 aromatic heterocycles. The van der Waals surface area contributed by atoms with Crippen molar-refractivity contribution in [1.29, 1.82) is 0 Å². The molecule has 0 saturated heterocycles. The van der Waals surface area contributed by atoms with Gasteiger partial charge in [0.1, 0.15) is 0 Å². The van der Waals surface area contributed by atoms with Crippen LogP contribution in [0.4, 0.5) is 0 Å². The summed E-state index contributed by atoms with van der Waals surface area (Å²) in [5, 5.41) is 36.6. The fourth-order valence-electron chi connectivity index (χ4n) is 2.08. The monoisotopic (exact) mass is 277 g/mol. The SMILES string of the molecule is CCCCCCCCN(CC(O)CO)CC(O)CO. The summed E-state index contributed by atoms with van der Waals surface area (Å²) in [5.41, 5.74) is 0. The molecule has 0 amide bonds. The first-order chi connectivity index (χ1) is 9.13. The third-order valence-electron chi connectivity index (χ3n) is 3.19. The van der Waals surface area contributed by atoms with Crippen molar-refractivity contribution < 1.29 is 20.4 Å². The van der Waals surface area contributed by atoms with Crippen molar-refractivity contribution in [2.45, 2.75) is 57.7 Å². The third-order valence-corrected chi connectivity index (χ3v) is 3.19. The lowest BCUT2D eigenvalue weighted by Crippen LogP contribution is -2.40. The van der Waals surface area contributed by atoms with E-state index in [2.05, 4.69) is 6.92 Å². The van der Waals surface area contributed by atoms with Gasteiger partial charge in [-0.2, -0.15) is 0 Å². The zero-order valence-electron chi connectivity index (χ0n) is 12.2. The summed E-state index contributed by atoms with van der Waals surface area (Å²) >= 11 is 0. The maximum absolute atomic E-state index is 9.45. The summed E-state index contributed by atoms with van der Waals surface area (Å²) in [4.78, 5) is 1.90. The van der Waals surface area contributed by atoms with E-state index in [9.17, 15) is 10.2 Å². The van der Waals surface area contributed by atoms with Crippen molar-refractivity contribution in [3.05, 3.63) is 0 Å². The molecule has 5 nitrogen and oxygen atoms in total. The van der Waals surface area contributed by atoms with E-state index in [1.165, 1.54) is 25.7 Å². The fourth-order valence-corrected chi connectivity index (χ4v) is 2.08. The summed E-state index contributed by atoms with van der Waals surface area (Å²) < 4.78 is 0.